The lowest BCUT2D eigenvalue weighted by Crippen LogP contribution is -2.60. The van der Waals surface area contributed by atoms with E-state index in [0.29, 0.717) is 12.8 Å². The standard InChI is InChI=1S/C24H34O8/c1-12(4-7-19(27)28)13-5-6-14-21-15(11-18(26)24(13,14)3)23(2,9-8-20(29)30)16(22(31)32)10-17(21)25/h12-16,21H,4-11H2,1-3H3,(H,27,28)(H,29,30)(H,31,32)/t12-,13+,14-,15-,16-,21-,23-,24-/m1/s1. The van der Waals surface area contributed by atoms with Crippen LogP contribution >= 0.6 is 0 Å². The summed E-state index contributed by atoms with van der Waals surface area (Å²) >= 11 is 0. The van der Waals surface area contributed by atoms with Crippen LogP contribution in [0.1, 0.15) is 72.1 Å². The first-order valence-electron chi connectivity index (χ1n) is 11.6. The highest BCUT2D eigenvalue weighted by atomic mass is 16.4. The maximum absolute atomic E-state index is 13.6. The predicted molar refractivity (Wildman–Crippen MR) is 113 cm³/mol. The molecule has 3 aliphatic carbocycles. The molecule has 8 nitrogen and oxygen atoms in total. The molecule has 32 heavy (non-hydrogen) atoms. The number of hydrogen-bond acceptors (Lipinski definition) is 5. The second-order valence-electron chi connectivity index (χ2n) is 10.7. The third kappa shape index (κ3) is 3.86. The summed E-state index contributed by atoms with van der Waals surface area (Å²) in [7, 11) is 0. The largest absolute Gasteiger partial charge is 0.481 e. The van der Waals surface area contributed by atoms with Gasteiger partial charge in [0, 0.05) is 37.0 Å². The second-order valence-corrected chi connectivity index (χ2v) is 10.7. The number of aliphatic carboxylic acids is 3. The Morgan fingerprint density at radius 1 is 0.969 bits per heavy atom. The number of ketones is 2. The summed E-state index contributed by atoms with van der Waals surface area (Å²) in [5, 5.41) is 28.1. The van der Waals surface area contributed by atoms with Gasteiger partial charge in [-0.3, -0.25) is 24.0 Å². The molecular weight excluding hydrogens is 416 g/mol. The molecule has 0 aromatic carbocycles. The van der Waals surface area contributed by atoms with Gasteiger partial charge in [0.25, 0.3) is 0 Å². The third-order valence-corrected chi connectivity index (χ3v) is 9.30. The number of fused-ring (bicyclic) bond motifs is 3. The highest BCUT2D eigenvalue weighted by Gasteiger charge is 2.66. The SMILES string of the molecule is C[C@H](CCC(=O)O)[C@@H]1CC[C@@H]2[C@H]3C(=O)C[C@H](C(=O)O)[C@](C)(CCC(=O)O)[C@@H]3CC(=O)[C@@]21C. The van der Waals surface area contributed by atoms with Gasteiger partial charge in [-0.2, -0.15) is 0 Å². The average molecular weight is 451 g/mol. The number of carbonyl (C=O) groups is 5. The summed E-state index contributed by atoms with van der Waals surface area (Å²) in [4.78, 5) is 61.3. The van der Waals surface area contributed by atoms with Crippen molar-refractivity contribution in [3.05, 3.63) is 0 Å². The normalized spacial score (nSPS) is 39.8. The van der Waals surface area contributed by atoms with Crippen LogP contribution in [-0.2, 0) is 24.0 Å². The fourth-order valence-corrected chi connectivity index (χ4v) is 7.48. The molecule has 3 rings (SSSR count). The Bertz CT molecular complexity index is 834. The smallest absolute Gasteiger partial charge is 0.307 e. The minimum Gasteiger partial charge on any atom is -0.481 e. The lowest BCUT2D eigenvalue weighted by molar-refractivity contribution is -0.174. The van der Waals surface area contributed by atoms with E-state index in [2.05, 4.69) is 0 Å². The van der Waals surface area contributed by atoms with E-state index in [1.807, 2.05) is 13.8 Å². The fraction of sp³-hybridized carbons (Fsp3) is 0.792. The molecule has 178 valence electrons. The van der Waals surface area contributed by atoms with Crippen LogP contribution in [0.4, 0.5) is 0 Å². The summed E-state index contributed by atoms with van der Waals surface area (Å²) in [5.41, 5.74) is -1.69. The van der Waals surface area contributed by atoms with E-state index < -0.39 is 46.5 Å². The van der Waals surface area contributed by atoms with Crippen molar-refractivity contribution in [2.75, 3.05) is 0 Å². The van der Waals surface area contributed by atoms with Crippen molar-refractivity contribution >= 4 is 29.5 Å². The van der Waals surface area contributed by atoms with E-state index in [1.165, 1.54) is 0 Å². The van der Waals surface area contributed by atoms with Crippen LogP contribution in [0.2, 0.25) is 0 Å². The minimum absolute atomic E-state index is 0.00816. The van der Waals surface area contributed by atoms with Crippen LogP contribution in [-0.4, -0.2) is 44.8 Å². The Labute approximate surface area is 187 Å². The summed E-state index contributed by atoms with van der Waals surface area (Å²) in [6.45, 7) is 5.63. The number of hydrogen-bond donors (Lipinski definition) is 3. The lowest BCUT2D eigenvalue weighted by atomic mass is 9.45. The average Bonchev–Trinajstić information content (AvgIpc) is 3.06. The number of carboxylic acid groups (broad SMARTS) is 3. The minimum atomic E-state index is -1.11. The molecule has 0 spiro atoms. The van der Waals surface area contributed by atoms with Gasteiger partial charge in [-0.1, -0.05) is 20.8 Å². The topological polar surface area (TPSA) is 146 Å². The Hall–Kier alpha value is -2.25. The van der Waals surface area contributed by atoms with Crippen LogP contribution < -0.4 is 0 Å². The van der Waals surface area contributed by atoms with Gasteiger partial charge >= 0.3 is 17.9 Å². The molecule has 8 heteroatoms. The quantitative estimate of drug-likeness (QED) is 0.511. The van der Waals surface area contributed by atoms with E-state index in [4.69, 9.17) is 5.11 Å². The highest BCUT2D eigenvalue weighted by molar-refractivity contribution is 5.94. The van der Waals surface area contributed by atoms with E-state index in [-0.39, 0.29) is 61.4 Å². The van der Waals surface area contributed by atoms with Gasteiger partial charge in [0.05, 0.1) is 5.92 Å². The molecule has 0 heterocycles. The van der Waals surface area contributed by atoms with Gasteiger partial charge in [-0.05, 0) is 54.8 Å². The molecule has 0 radical (unpaired) electrons. The van der Waals surface area contributed by atoms with Crippen LogP contribution in [0.15, 0.2) is 0 Å². The van der Waals surface area contributed by atoms with Crippen molar-refractivity contribution in [2.45, 2.75) is 72.1 Å². The predicted octanol–water partition coefficient (Wildman–Crippen LogP) is 3.27. The molecule has 0 unspecified atom stereocenters. The van der Waals surface area contributed by atoms with Crippen LogP contribution in [0.5, 0.6) is 0 Å². The van der Waals surface area contributed by atoms with E-state index >= 15 is 0 Å². The van der Waals surface area contributed by atoms with Crippen LogP contribution in [0.25, 0.3) is 0 Å². The molecule has 0 aliphatic heterocycles. The molecule has 0 amide bonds. The van der Waals surface area contributed by atoms with Crippen molar-refractivity contribution in [3.63, 3.8) is 0 Å². The monoisotopic (exact) mass is 450 g/mol. The molecule has 0 aromatic rings. The molecular formula is C24H34O8. The molecule has 0 bridgehead atoms. The maximum atomic E-state index is 13.6. The first-order valence-corrected chi connectivity index (χ1v) is 11.6. The molecule has 3 saturated carbocycles. The number of carboxylic acids is 3. The maximum Gasteiger partial charge on any atom is 0.307 e. The summed E-state index contributed by atoms with van der Waals surface area (Å²) in [5.74, 6) is -5.28. The van der Waals surface area contributed by atoms with Crippen molar-refractivity contribution in [2.24, 2.45) is 46.3 Å². The Morgan fingerprint density at radius 2 is 1.59 bits per heavy atom. The summed E-state index contributed by atoms with van der Waals surface area (Å²) in [6.07, 6.45) is 1.76. The molecule has 0 aromatic heterocycles. The first kappa shape index (κ1) is 24.4. The lowest BCUT2D eigenvalue weighted by Gasteiger charge is -2.56. The number of Topliss-reactive ketones (excluding diaryl/α,β-unsaturated/α-hetero) is 2. The number of rotatable bonds is 8. The van der Waals surface area contributed by atoms with Gasteiger partial charge in [0.15, 0.2) is 0 Å². The van der Waals surface area contributed by atoms with Crippen molar-refractivity contribution in [1.82, 2.24) is 0 Å². The summed E-state index contributed by atoms with van der Waals surface area (Å²) < 4.78 is 0. The van der Waals surface area contributed by atoms with Gasteiger partial charge in [0.1, 0.15) is 11.6 Å². The Morgan fingerprint density at radius 3 is 2.16 bits per heavy atom. The molecule has 3 N–H and O–H groups in total. The third-order valence-electron chi connectivity index (χ3n) is 9.30. The second kappa shape index (κ2) is 8.60. The van der Waals surface area contributed by atoms with Gasteiger partial charge in [-0.25, -0.2) is 0 Å². The van der Waals surface area contributed by atoms with Crippen molar-refractivity contribution in [1.29, 1.82) is 0 Å². The molecule has 3 aliphatic rings. The van der Waals surface area contributed by atoms with E-state index in [9.17, 15) is 34.2 Å². The zero-order valence-electron chi connectivity index (χ0n) is 19.0. The zero-order valence-corrected chi connectivity index (χ0v) is 19.0. The van der Waals surface area contributed by atoms with E-state index in [1.54, 1.807) is 6.92 Å². The molecule has 0 saturated heterocycles. The van der Waals surface area contributed by atoms with Crippen LogP contribution in [0.3, 0.4) is 0 Å². The van der Waals surface area contributed by atoms with Gasteiger partial charge in [-0.15, -0.1) is 0 Å². The van der Waals surface area contributed by atoms with Gasteiger partial charge in [0.2, 0.25) is 0 Å². The Balaban J connectivity index is 1.96. The fourth-order valence-electron chi connectivity index (χ4n) is 7.48. The summed E-state index contributed by atoms with van der Waals surface area (Å²) in [6, 6.07) is 0. The highest BCUT2D eigenvalue weighted by Crippen LogP contribution is 2.65. The van der Waals surface area contributed by atoms with Crippen molar-refractivity contribution < 1.29 is 39.3 Å². The zero-order chi connectivity index (χ0) is 24.0. The van der Waals surface area contributed by atoms with Crippen LogP contribution in [0, 0.1) is 46.3 Å². The molecule has 3 fully saturated rings. The number of carbonyl (C=O) groups excluding carboxylic acids is 2. The van der Waals surface area contributed by atoms with Crippen molar-refractivity contribution in [3.8, 4) is 0 Å². The first-order chi connectivity index (χ1) is 14.8. The Kier molecular flexibility index (Phi) is 6.55. The molecule has 8 atom stereocenters. The van der Waals surface area contributed by atoms with Gasteiger partial charge < -0.3 is 15.3 Å². The van der Waals surface area contributed by atoms with E-state index in [0.717, 1.165) is 6.42 Å².